The van der Waals surface area contributed by atoms with Gasteiger partial charge in [0.05, 0.1) is 0 Å². The van der Waals surface area contributed by atoms with Crippen molar-refractivity contribution in [3.05, 3.63) is 23.9 Å². The van der Waals surface area contributed by atoms with Crippen LogP contribution in [0.3, 0.4) is 0 Å². The Bertz CT molecular complexity index is 328. The summed E-state index contributed by atoms with van der Waals surface area (Å²) in [5.74, 6) is 0.364. The van der Waals surface area contributed by atoms with Crippen LogP contribution in [-0.4, -0.2) is 34.9 Å². The van der Waals surface area contributed by atoms with E-state index in [0.717, 1.165) is 4.90 Å². The summed E-state index contributed by atoms with van der Waals surface area (Å²) in [5.41, 5.74) is 0.679. The van der Waals surface area contributed by atoms with Crippen LogP contribution in [0.2, 0.25) is 0 Å². The molecule has 5 nitrogen and oxygen atoms in total. The molecule has 1 aromatic heterocycles. The van der Waals surface area contributed by atoms with Crippen molar-refractivity contribution in [3.63, 3.8) is 0 Å². The van der Waals surface area contributed by atoms with Crippen LogP contribution in [0.1, 0.15) is 5.69 Å². The molecular formula is C9H12N2O3. The zero-order chi connectivity index (χ0) is 10.6. The fourth-order valence-corrected chi connectivity index (χ4v) is 1.01. The Morgan fingerprint density at radius 2 is 2.29 bits per heavy atom. The van der Waals surface area contributed by atoms with Gasteiger partial charge in [0.2, 0.25) is 0 Å². The van der Waals surface area contributed by atoms with Crippen LogP contribution in [0.15, 0.2) is 18.2 Å². The standard InChI is InChI=1S/C9H12N2O3/c1-11(9(13)14)8-4-2-3-7(10-8)5-6-12/h2-4,12H,5-6H2,1H3,(H,13,14). The zero-order valence-corrected chi connectivity index (χ0v) is 7.84. The molecule has 0 atom stereocenters. The number of hydrogen-bond acceptors (Lipinski definition) is 3. The average molecular weight is 196 g/mol. The highest BCUT2D eigenvalue weighted by Crippen LogP contribution is 2.09. The molecule has 0 aliphatic heterocycles. The van der Waals surface area contributed by atoms with Crippen LogP contribution in [-0.2, 0) is 6.42 Å². The van der Waals surface area contributed by atoms with Gasteiger partial charge in [-0.2, -0.15) is 0 Å². The summed E-state index contributed by atoms with van der Waals surface area (Å²) in [5, 5.41) is 17.4. The molecule has 0 fully saturated rings. The number of pyridine rings is 1. The van der Waals surface area contributed by atoms with Gasteiger partial charge in [0.25, 0.3) is 0 Å². The molecular weight excluding hydrogens is 184 g/mol. The van der Waals surface area contributed by atoms with Crippen molar-refractivity contribution in [1.82, 2.24) is 4.98 Å². The number of rotatable bonds is 3. The molecule has 1 rings (SSSR count). The lowest BCUT2D eigenvalue weighted by molar-refractivity contribution is 0.203. The van der Waals surface area contributed by atoms with Gasteiger partial charge in [0, 0.05) is 25.8 Å². The quantitative estimate of drug-likeness (QED) is 0.747. The zero-order valence-electron chi connectivity index (χ0n) is 7.84. The molecule has 0 unspecified atom stereocenters. The first-order valence-corrected chi connectivity index (χ1v) is 4.18. The number of carbonyl (C=O) groups is 1. The Morgan fingerprint density at radius 1 is 1.57 bits per heavy atom. The Balaban J connectivity index is 2.87. The van der Waals surface area contributed by atoms with Gasteiger partial charge in [-0.05, 0) is 12.1 Å². The van der Waals surface area contributed by atoms with Crippen molar-refractivity contribution in [1.29, 1.82) is 0 Å². The van der Waals surface area contributed by atoms with Crippen molar-refractivity contribution in [2.24, 2.45) is 0 Å². The second-order valence-electron chi connectivity index (χ2n) is 2.80. The summed E-state index contributed by atoms with van der Waals surface area (Å²) >= 11 is 0. The SMILES string of the molecule is CN(C(=O)O)c1cccc(CCO)n1. The monoisotopic (exact) mass is 196 g/mol. The van der Waals surface area contributed by atoms with Gasteiger partial charge >= 0.3 is 6.09 Å². The highest BCUT2D eigenvalue weighted by Gasteiger charge is 2.09. The van der Waals surface area contributed by atoms with E-state index in [0.29, 0.717) is 17.9 Å². The first kappa shape index (κ1) is 10.5. The maximum atomic E-state index is 10.6. The summed E-state index contributed by atoms with van der Waals surface area (Å²) in [7, 11) is 1.42. The van der Waals surface area contributed by atoms with E-state index >= 15 is 0 Å². The first-order chi connectivity index (χ1) is 6.65. The number of anilines is 1. The lowest BCUT2D eigenvalue weighted by Crippen LogP contribution is -2.25. The van der Waals surface area contributed by atoms with E-state index < -0.39 is 6.09 Å². The van der Waals surface area contributed by atoms with Gasteiger partial charge in [0.15, 0.2) is 0 Å². The van der Waals surface area contributed by atoms with Crippen LogP contribution < -0.4 is 4.90 Å². The van der Waals surface area contributed by atoms with Crippen molar-refractivity contribution in [2.45, 2.75) is 6.42 Å². The Hall–Kier alpha value is -1.62. The minimum atomic E-state index is -1.06. The van der Waals surface area contributed by atoms with Crippen molar-refractivity contribution < 1.29 is 15.0 Å². The van der Waals surface area contributed by atoms with Gasteiger partial charge in [-0.3, -0.25) is 4.90 Å². The van der Waals surface area contributed by atoms with Crippen molar-refractivity contribution >= 4 is 11.9 Å². The predicted molar refractivity (Wildman–Crippen MR) is 51.5 cm³/mol. The lowest BCUT2D eigenvalue weighted by Gasteiger charge is -2.12. The molecule has 2 N–H and O–H groups in total. The smallest absolute Gasteiger partial charge is 0.412 e. The molecule has 0 aromatic carbocycles. The van der Waals surface area contributed by atoms with Gasteiger partial charge in [-0.25, -0.2) is 9.78 Å². The third-order valence-electron chi connectivity index (χ3n) is 1.79. The second kappa shape index (κ2) is 4.57. The molecule has 0 saturated carbocycles. The van der Waals surface area contributed by atoms with E-state index in [9.17, 15) is 4.79 Å². The third-order valence-corrected chi connectivity index (χ3v) is 1.79. The van der Waals surface area contributed by atoms with Gasteiger partial charge < -0.3 is 10.2 Å². The van der Waals surface area contributed by atoms with Crippen LogP contribution >= 0.6 is 0 Å². The number of aliphatic hydroxyl groups is 1. The molecule has 5 heteroatoms. The number of aliphatic hydroxyl groups excluding tert-OH is 1. The summed E-state index contributed by atoms with van der Waals surface area (Å²) in [6.45, 7) is 0.00718. The molecule has 76 valence electrons. The van der Waals surface area contributed by atoms with Crippen LogP contribution in [0.4, 0.5) is 10.6 Å². The fourth-order valence-electron chi connectivity index (χ4n) is 1.01. The summed E-state index contributed by atoms with van der Waals surface area (Å²) in [6, 6.07) is 5.07. The van der Waals surface area contributed by atoms with E-state index in [4.69, 9.17) is 10.2 Å². The predicted octanol–water partition coefficient (Wildman–Crippen LogP) is 0.731. The van der Waals surface area contributed by atoms with Crippen molar-refractivity contribution in [3.8, 4) is 0 Å². The highest BCUT2D eigenvalue weighted by atomic mass is 16.4. The molecule has 0 saturated heterocycles. The minimum absolute atomic E-state index is 0.00718. The molecule has 1 amide bonds. The number of carboxylic acid groups (broad SMARTS) is 1. The number of aromatic nitrogens is 1. The molecule has 1 aromatic rings. The summed E-state index contributed by atoms with van der Waals surface area (Å²) in [4.78, 5) is 15.7. The lowest BCUT2D eigenvalue weighted by atomic mass is 10.3. The molecule has 0 spiro atoms. The van der Waals surface area contributed by atoms with E-state index in [2.05, 4.69) is 4.98 Å². The maximum absolute atomic E-state index is 10.6. The minimum Gasteiger partial charge on any atom is -0.465 e. The topological polar surface area (TPSA) is 73.7 Å². The van der Waals surface area contributed by atoms with Crippen molar-refractivity contribution in [2.75, 3.05) is 18.6 Å². The Morgan fingerprint density at radius 3 is 2.86 bits per heavy atom. The van der Waals surface area contributed by atoms with Crippen LogP contribution in [0, 0.1) is 0 Å². The summed E-state index contributed by atoms with van der Waals surface area (Å²) < 4.78 is 0. The highest BCUT2D eigenvalue weighted by molar-refractivity contribution is 5.83. The average Bonchev–Trinajstić information content (AvgIpc) is 2.17. The number of amides is 1. The van der Waals surface area contributed by atoms with Gasteiger partial charge in [-0.1, -0.05) is 6.07 Å². The summed E-state index contributed by atoms with van der Waals surface area (Å²) in [6.07, 6.45) is -0.625. The van der Waals surface area contributed by atoms with E-state index in [1.807, 2.05) is 0 Å². The number of nitrogens with zero attached hydrogens (tertiary/aromatic N) is 2. The first-order valence-electron chi connectivity index (χ1n) is 4.18. The number of hydrogen-bond donors (Lipinski definition) is 2. The fraction of sp³-hybridized carbons (Fsp3) is 0.333. The normalized spacial score (nSPS) is 9.86. The Labute approximate surface area is 81.6 Å². The third kappa shape index (κ3) is 2.43. The van der Waals surface area contributed by atoms with Gasteiger partial charge in [-0.15, -0.1) is 0 Å². The van der Waals surface area contributed by atoms with Crippen LogP contribution in [0.5, 0.6) is 0 Å². The molecule has 0 aliphatic carbocycles. The molecule has 0 bridgehead atoms. The molecule has 0 aliphatic rings. The van der Waals surface area contributed by atoms with E-state index in [1.54, 1.807) is 18.2 Å². The molecule has 14 heavy (non-hydrogen) atoms. The van der Waals surface area contributed by atoms with Crippen LogP contribution in [0.25, 0.3) is 0 Å². The van der Waals surface area contributed by atoms with E-state index in [1.165, 1.54) is 7.05 Å². The maximum Gasteiger partial charge on any atom is 0.412 e. The molecule has 0 radical (unpaired) electrons. The van der Waals surface area contributed by atoms with Gasteiger partial charge in [0.1, 0.15) is 5.82 Å². The second-order valence-corrected chi connectivity index (χ2v) is 2.80. The Kier molecular flexibility index (Phi) is 3.41. The largest absolute Gasteiger partial charge is 0.465 e. The van der Waals surface area contributed by atoms with E-state index in [-0.39, 0.29) is 6.61 Å². The molecule has 1 heterocycles.